The Balaban J connectivity index is 1.77. The van der Waals surface area contributed by atoms with Gasteiger partial charge in [-0.05, 0) is 58.4 Å². The van der Waals surface area contributed by atoms with Crippen LogP contribution in [0.25, 0.3) is 5.69 Å². The molecule has 1 aliphatic rings. The molecule has 184 valence electrons. The summed E-state index contributed by atoms with van der Waals surface area (Å²) < 4.78 is 7.08. The van der Waals surface area contributed by atoms with Crippen molar-refractivity contribution >= 4 is 35.1 Å². The van der Waals surface area contributed by atoms with Crippen molar-refractivity contribution in [3.05, 3.63) is 73.7 Å². The fourth-order valence-electron chi connectivity index (χ4n) is 4.08. The average molecular weight is 516 g/mol. The molecule has 2 aromatic heterocycles. The van der Waals surface area contributed by atoms with E-state index in [4.69, 9.17) is 32.9 Å². The smallest absolute Gasteiger partial charge is 0.263 e. The number of hydrogen-bond donors (Lipinski definition) is 1. The van der Waals surface area contributed by atoms with Crippen LogP contribution in [-0.2, 0) is 13.0 Å². The van der Waals surface area contributed by atoms with Crippen LogP contribution >= 0.6 is 23.2 Å². The summed E-state index contributed by atoms with van der Waals surface area (Å²) in [7, 11) is 0. The van der Waals surface area contributed by atoms with E-state index in [0.29, 0.717) is 57.4 Å². The van der Waals surface area contributed by atoms with Crippen molar-refractivity contribution in [2.45, 2.75) is 52.7 Å². The first-order valence-corrected chi connectivity index (χ1v) is 12.2. The molecule has 0 bridgehead atoms. The van der Waals surface area contributed by atoms with Crippen LogP contribution in [0.5, 0.6) is 5.88 Å². The van der Waals surface area contributed by atoms with Gasteiger partial charge >= 0.3 is 0 Å². The number of benzene rings is 1. The van der Waals surface area contributed by atoms with Crippen molar-refractivity contribution in [1.29, 1.82) is 0 Å². The molecule has 1 amide bonds. The number of halogens is 2. The van der Waals surface area contributed by atoms with Gasteiger partial charge in [-0.1, -0.05) is 23.2 Å². The number of carbonyl (C=O) groups excluding carboxylic acids is 1. The summed E-state index contributed by atoms with van der Waals surface area (Å²) in [6.45, 7) is 8.40. The maximum Gasteiger partial charge on any atom is 0.263 e. The molecule has 3 heterocycles. The van der Waals surface area contributed by atoms with Crippen LogP contribution in [0.3, 0.4) is 0 Å². The maximum atomic E-state index is 13.7. The van der Waals surface area contributed by atoms with Gasteiger partial charge in [0, 0.05) is 35.5 Å². The number of nitrogens with one attached hydrogen (secondary N) is 1. The Morgan fingerprint density at radius 2 is 2.00 bits per heavy atom. The van der Waals surface area contributed by atoms with Gasteiger partial charge < -0.3 is 15.0 Å². The van der Waals surface area contributed by atoms with E-state index in [9.17, 15) is 9.59 Å². The second kappa shape index (κ2) is 10.3. The van der Waals surface area contributed by atoms with Crippen molar-refractivity contribution in [2.75, 3.05) is 11.9 Å². The fourth-order valence-corrected chi connectivity index (χ4v) is 4.38. The largest absolute Gasteiger partial charge is 0.478 e. The third-order valence-corrected chi connectivity index (χ3v) is 6.47. The van der Waals surface area contributed by atoms with E-state index in [1.807, 2.05) is 27.7 Å². The lowest BCUT2D eigenvalue weighted by atomic mass is 9.98. The Morgan fingerprint density at radius 1 is 1.23 bits per heavy atom. The Labute approximate surface area is 213 Å². The van der Waals surface area contributed by atoms with Gasteiger partial charge in [-0.25, -0.2) is 14.5 Å². The summed E-state index contributed by atoms with van der Waals surface area (Å²) in [5.74, 6) is 0.632. The molecule has 0 unspecified atom stereocenters. The number of carbonyl (C=O) groups is 1. The predicted molar refractivity (Wildman–Crippen MR) is 137 cm³/mol. The highest BCUT2D eigenvalue weighted by Crippen LogP contribution is 2.27. The van der Waals surface area contributed by atoms with Gasteiger partial charge in [-0.3, -0.25) is 9.59 Å². The first-order chi connectivity index (χ1) is 16.7. The van der Waals surface area contributed by atoms with Crippen molar-refractivity contribution in [2.24, 2.45) is 0 Å². The summed E-state index contributed by atoms with van der Waals surface area (Å²) in [5, 5.41) is 3.97. The minimum atomic E-state index is -0.215. The number of nitrogens with zero attached hydrogens (tertiary/aromatic N) is 4. The zero-order valence-corrected chi connectivity index (χ0v) is 21.5. The molecule has 1 aromatic carbocycles. The van der Waals surface area contributed by atoms with Gasteiger partial charge in [-0.15, -0.1) is 0 Å². The number of fused-ring (bicyclic) bond motifs is 1. The topological polar surface area (TPSA) is 89.4 Å². The van der Waals surface area contributed by atoms with Gasteiger partial charge in [0.2, 0.25) is 11.8 Å². The molecule has 4 rings (SSSR count). The van der Waals surface area contributed by atoms with Crippen molar-refractivity contribution in [1.82, 2.24) is 19.4 Å². The number of rotatable bonds is 6. The number of amides is 1. The third kappa shape index (κ3) is 5.13. The maximum absolute atomic E-state index is 13.7. The lowest BCUT2D eigenvalue weighted by Gasteiger charge is -2.34. The molecule has 0 fully saturated rings. The molecule has 0 aliphatic carbocycles. The molecule has 1 atom stereocenters. The Morgan fingerprint density at radius 3 is 2.69 bits per heavy atom. The van der Waals surface area contributed by atoms with Gasteiger partial charge in [0.15, 0.2) is 0 Å². The molecule has 1 N–H and O–H groups in total. The molecular formula is C25H27Cl2N5O3. The van der Waals surface area contributed by atoms with Crippen LogP contribution in [0.2, 0.25) is 10.0 Å². The highest BCUT2D eigenvalue weighted by Gasteiger charge is 2.32. The first-order valence-electron chi connectivity index (χ1n) is 11.5. The number of ether oxygens (including phenoxy) is 1. The molecule has 0 radical (unpaired) electrons. The number of aromatic nitrogens is 3. The van der Waals surface area contributed by atoms with Crippen LogP contribution in [-0.4, -0.2) is 44.0 Å². The summed E-state index contributed by atoms with van der Waals surface area (Å²) in [6.07, 6.45) is 1.98. The second-order valence-corrected chi connectivity index (χ2v) is 9.52. The van der Waals surface area contributed by atoms with E-state index < -0.39 is 0 Å². The van der Waals surface area contributed by atoms with E-state index in [2.05, 4.69) is 10.3 Å². The normalized spacial score (nSPS) is 15.2. The van der Waals surface area contributed by atoms with Crippen LogP contribution in [0.1, 0.15) is 49.3 Å². The predicted octanol–water partition coefficient (Wildman–Crippen LogP) is 4.74. The third-order valence-electron chi connectivity index (χ3n) is 5.73. The van der Waals surface area contributed by atoms with Crippen molar-refractivity contribution in [3.63, 3.8) is 0 Å². The first kappa shape index (κ1) is 25.0. The number of anilines is 1. The summed E-state index contributed by atoms with van der Waals surface area (Å²) in [4.78, 5) is 37.8. The fraction of sp³-hybridized carbons (Fsp3) is 0.360. The van der Waals surface area contributed by atoms with E-state index in [0.717, 1.165) is 0 Å². The minimum Gasteiger partial charge on any atom is -0.478 e. The number of pyridine rings is 1. The molecule has 1 aliphatic heterocycles. The monoisotopic (exact) mass is 515 g/mol. The lowest BCUT2D eigenvalue weighted by molar-refractivity contribution is 0.0653. The number of hydrogen-bond acceptors (Lipinski definition) is 6. The Bertz CT molecular complexity index is 1320. The summed E-state index contributed by atoms with van der Waals surface area (Å²) in [5.41, 5.74) is 2.01. The van der Waals surface area contributed by atoms with Crippen LogP contribution in [0, 0.1) is 0 Å². The van der Waals surface area contributed by atoms with Gasteiger partial charge in [0.25, 0.3) is 11.5 Å². The van der Waals surface area contributed by atoms with E-state index in [1.54, 1.807) is 46.0 Å². The Kier molecular flexibility index (Phi) is 7.33. The van der Waals surface area contributed by atoms with Gasteiger partial charge in [-0.2, -0.15) is 0 Å². The quantitative estimate of drug-likeness (QED) is 0.509. The van der Waals surface area contributed by atoms with E-state index in [-0.39, 0.29) is 30.1 Å². The molecule has 0 saturated carbocycles. The molecule has 10 heteroatoms. The molecular weight excluding hydrogens is 489 g/mol. The highest BCUT2D eigenvalue weighted by molar-refractivity contribution is 6.42. The molecule has 8 nitrogen and oxygen atoms in total. The zero-order valence-electron chi connectivity index (χ0n) is 20.0. The van der Waals surface area contributed by atoms with Crippen LogP contribution in [0.4, 0.5) is 5.95 Å². The standard InChI is InChI=1S/C25H27Cl2N5O3/c1-5-35-22-12-17(8-9-28-22)32-24(34)18-10-15(4)31(13-21(18)30-25(32)29-14(2)3)23(33)16-6-7-19(26)20(27)11-16/h6-9,11-12,14-15H,5,10,13H2,1-4H3,(H,29,30)/t15-/m1/s1. The SMILES string of the molecule is CCOc1cc(-n2c(NC(C)C)nc3c(c2=O)C[C@@H](C)N(C(=O)c2ccc(Cl)c(Cl)c2)C3)ccn1. The van der Waals surface area contributed by atoms with Crippen LogP contribution < -0.4 is 15.6 Å². The molecule has 0 spiro atoms. The highest BCUT2D eigenvalue weighted by atomic mass is 35.5. The van der Waals surface area contributed by atoms with Crippen LogP contribution in [0.15, 0.2) is 41.3 Å². The molecule has 0 saturated heterocycles. The molecule has 35 heavy (non-hydrogen) atoms. The van der Waals surface area contributed by atoms with Gasteiger partial charge in [0.1, 0.15) is 0 Å². The minimum absolute atomic E-state index is 0.0239. The lowest BCUT2D eigenvalue weighted by Crippen LogP contribution is -2.46. The summed E-state index contributed by atoms with van der Waals surface area (Å²) in [6, 6.07) is 8.09. The zero-order chi connectivity index (χ0) is 25.3. The van der Waals surface area contributed by atoms with E-state index in [1.165, 1.54) is 0 Å². The second-order valence-electron chi connectivity index (χ2n) is 8.70. The van der Waals surface area contributed by atoms with Crippen molar-refractivity contribution in [3.8, 4) is 11.6 Å². The van der Waals surface area contributed by atoms with Crippen molar-refractivity contribution < 1.29 is 9.53 Å². The summed E-state index contributed by atoms with van der Waals surface area (Å²) >= 11 is 12.1. The average Bonchev–Trinajstić information content (AvgIpc) is 2.81. The molecule has 3 aromatic rings. The van der Waals surface area contributed by atoms with E-state index >= 15 is 0 Å². The Hall–Kier alpha value is -3.10. The van der Waals surface area contributed by atoms with Gasteiger partial charge in [0.05, 0.1) is 34.6 Å².